The van der Waals surface area contributed by atoms with E-state index in [0.717, 1.165) is 18.7 Å². The Labute approximate surface area is 79.1 Å². The van der Waals surface area contributed by atoms with Crippen molar-refractivity contribution < 1.29 is 4.42 Å². The fourth-order valence-electron chi connectivity index (χ4n) is 2.29. The van der Waals surface area contributed by atoms with Crippen LogP contribution in [0.15, 0.2) is 10.5 Å². The summed E-state index contributed by atoms with van der Waals surface area (Å²) in [7, 11) is 0. The SMILES string of the molecule is Cc1cc2c(o1)CCC2C(C)CN. The average molecular weight is 179 g/mol. The van der Waals surface area contributed by atoms with Crippen molar-refractivity contribution in [1.82, 2.24) is 0 Å². The highest BCUT2D eigenvalue weighted by atomic mass is 16.3. The van der Waals surface area contributed by atoms with Crippen LogP contribution in [0.4, 0.5) is 0 Å². The van der Waals surface area contributed by atoms with Gasteiger partial charge in [-0.05, 0) is 43.4 Å². The van der Waals surface area contributed by atoms with Crippen molar-refractivity contribution in [1.29, 1.82) is 0 Å². The highest BCUT2D eigenvalue weighted by Gasteiger charge is 2.29. The summed E-state index contributed by atoms with van der Waals surface area (Å²) in [6, 6.07) is 2.18. The third kappa shape index (κ3) is 1.39. The van der Waals surface area contributed by atoms with Gasteiger partial charge in [0.1, 0.15) is 11.5 Å². The third-order valence-electron chi connectivity index (χ3n) is 3.11. The normalized spacial score (nSPS) is 23.2. The zero-order valence-electron chi connectivity index (χ0n) is 8.34. The summed E-state index contributed by atoms with van der Waals surface area (Å²) in [5, 5.41) is 0. The van der Waals surface area contributed by atoms with Gasteiger partial charge in [-0.2, -0.15) is 0 Å². The van der Waals surface area contributed by atoms with Gasteiger partial charge >= 0.3 is 0 Å². The molecule has 2 nitrogen and oxygen atoms in total. The number of fused-ring (bicyclic) bond motifs is 1. The molecule has 1 heterocycles. The second-order valence-electron chi connectivity index (χ2n) is 4.09. The van der Waals surface area contributed by atoms with E-state index < -0.39 is 0 Å². The van der Waals surface area contributed by atoms with Crippen LogP contribution in [0, 0.1) is 12.8 Å². The van der Waals surface area contributed by atoms with Crippen LogP contribution in [0.5, 0.6) is 0 Å². The fraction of sp³-hybridized carbons (Fsp3) is 0.636. The summed E-state index contributed by atoms with van der Waals surface area (Å²) in [6.07, 6.45) is 2.31. The average Bonchev–Trinajstić information content (AvgIpc) is 2.61. The number of hydrogen-bond acceptors (Lipinski definition) is 2. The molecule has 2 rings (SSSR count). The topological polar surface area (TPSA) is 39.2 Å². The summed E-state index contributed by atoms with van der Waals surface area (Å²) in [5.41, 5.74) is 7.10. The Morgan fingerprint density at radius 3 is 3.15 bits per heavy atom. The molecule has 0 radical (unpaired) electrons. The molecule has 0 amide bonds. The Morgan fingerprint density at radius 2 is 2.46 bits per heavy atom. The lowest BCUT2D eigenvalue weighted by atomic mass is 9.89. The summed E-state index contributed by atoms with van der Waals surface area (Å²) in [6.45, 7) is 5.01. The van der Waals surface area contributed by atoms with E-state index in [9.17, 15) is 0 Å². The van der Waals surface area contributed by atoms with E-state index in [2.05, 4.69) is 13.0 Å². The lowest BCUT2D eigenvalue weighted by Crippen LogP contribution is -2.17. The number of hydrogen-bond donors (Lipinski definition) is 1. The summed E-state index contributed by atoms with van der Waals surface area (Å²) in [4.78, 5) is 0. The fourth-order valence-corrected chi connectivity index (χ4v) is 2.29. The molecule has 1 aliphatic carbocycles. The van der Waals surface area contributed by atoms with Crippen molar-refractivity contribution in [2.45, 2.75) is 32.6 Å². The van der Waals surface area contributed by atoms with Crippen molar-refractivity contribution in [2.75, 3.05) is 6.54 Å². The molecule has 0 aromatic carbocycles. The molecule has 72 valence electrons. The first kappa shape index (κ1) is 8.82. The Morgan fingerprint density at radius 1 is 1.69 bits per heavy atom. The Balaban J connectivity index is 2.26. The predicted molar refractivity (Wildman–Crippen MR) is 52.7 cm³/mol. The van der Waals surface area contributed by atoms with E-state index in [4.69, 9.17) is 10.2 Å². The first-order valence-electron chi connectivity index (χ1n) is 5.01. The summed E-state index contributed by atoms with van der Waals surface area (Å²) < 4.78 is 5.61. The van der Waals surface area contributed by atoms with Crippen LogP contribution in [0.2, 0.25) is 0 Å². The van der Waals surface area contributed by atoms with Crippen LogP contribution in [-0.4, -0.2) is 6.54 Å². The molecule has 0 saturated carbocycles. The quantitative estimate of drug-likeness (QED) is 0.756. The van der Waals surface area contributed by atoms with Crippen LogP contribution in [-0.2, 0) is 6.42 Å². The van der Waals surface area contributed by atoms with Gasteiger partial charge in [0, 0.05) is 6.42 Å². The zero-order chi connectivity index (χ0) is 9.42. The van der Waals surface area contributed by atoms with Gasteiger partial charge in [0.25, 0.3) is 0 Å². The van der Waals surface area contributed by atoms with Crippen LogP contribution in [0.1, 0.15) is 36.3 Å². The van der Waals surface area contributed by atoms with E-state index in [1.165, 1.54) is 17.7 Å². The van der Waals surface area contributed by atoms with E-state index >= 15 is 0 Å². The molecule has 1 aromatic rings. The number of nitrogens with two attached hydrogens (primary N) is 1. The van der Waals surface area contributed by atoms with E-state index in [1.54, 1.807) is 0 Å². The first-order chi connectivity index (χ1) is 6.22. The van der Waals surface area contributed by atoms with Crippen molar-refractivity contribution in [3.63, 3.8) is 0 Å². The van der Waals surface area contributed by atoms with Gasteiger partial charge in [-0.15, -0.1) is 0 Å². The summed E-state index contributed by atoms with van der Waals surface area (Å²) >= 11 is 0. The van der Waals surface area contributed by atoms with Crippen molar-refractivity contribution in [3.8, 4) is 0 Å². The highest BCUT2D eigenvalue weighted by Crippen LogP contribution is 2.39. The van der Waals surface area contributed by atoms with Gasteiger partial charge in [-0.1, -0.05) is 6.92 Å². The molecular weight excluding hydrogens is 162 g/mol. The highest BCUT2D eigenvalue weighted by molar-refractivity contribution is 5.30. The van der Waals surface area contributed by atoms with Gasteiger partial charge in [-0.25, -0.2) is 0 Å². The maximum Gasteiger partial charge on any atom is 0.107 e. The molecule has 0 saturated heterocycles. The molecule has 0 spiro atoms. The first-order valence-corrected chi connectivity index (χ1v) is 5.01. The van der Waals surface area contributed by atoms with Crippen LogP contribution in [0.3, 0.4) is 0 Å². The monoisotopic (exact) mass is 179 g/mol. The molecule has 0 bridgehead atoms. The molecule has 2 unspecified atom stereocenters. The number of furan rings is 1. The van der Waals surface area contributed by atoms with E-state index in [1.807, 2.05) is 6.92 Å². The second kappa shape index (κ2) is 3.18. The predicted octanol–water partition coefficient (Wildman–Crippen LogP) is 2.21. The maximum atomic E-state index is 5.69. The molecule has 0 fully saturated rings. The third-order valence-corrected chi connectivity index (χ3v) is 3.11. The zero-order valence-corrected chi connectivity index (χ0v) is 8.34. The van der Waals surface area contributed by atoms with Crippen molar-refractivity contribution in [2.24, 2.45) is 11.7 Å². The molecular formula is C11H17NO. The second-order valence-corrected chi connectivity index (χ2v) is 4.09. The number of aryl methyl sites for hydroxylation is 2. The molecule has 13 heavy (non-hydrogen) atoms. The van der Waals surface area contributed by atoms with Crippen LogP contribution >= 0.6 is 0 Å². The smallest absolute Gasteiger partial charge is 0.107 e. The standard InChI is InChI=1S/C11H17NO/c1-7(6-12)9-3-4-11-10(9)5-8(2)13-11/h5,7,9H,3-4,6,12H2,1-2H3. The van der Waals surface area contributed by atoms with Crippen LogP contribution < -0.4 is 5.73 Å². The summed E-state index contributed by atoms with van der Waals surface area (Å²) in [5.74, 6) is 3.46. The van der Waals surface area contributed by atoms with Gasteiger partial charge < -0.3 is 10.2 Å². The van der Waals surface area contributed by atoms with Crippen molar-refractivity contribution >= 4 is 0 Å². The minimum absolute atomic E-state index is 0.582. The Kier molecular flexibility index (Phi) is 2.16. The van der Waals surface area contributed by atoms with Crippen LogP contribution in [0.25, 0.3) is 0 Å². The Hall–Kier alpha value is -0.760. The molecule has 2 N–H and O–H groups in total. The molecule has 2 atom stereocenters. The minimum atomic E-state index is 0.582. The number of rotatable bonds is 2. The lowest BCUT2D eigenvalue weighted by molar-refractivity contribution is 0.457. The lowest BCUT2D eigenvalue weighted by Gasteiger charge is -2.16. The minimum Gasteiger partial charge on any atom is -0.466 e. The molecule has 0 aliphatic heterocycles. The molecule has 1 aromatic heterocycles. The van der Waals surface area contributed by atoms with E-state index in [0.29, 0.717) is 11.8 Å². The van der Waals surface area contributed by atoms with Gasteiger partial charge in [0.2, 0.25) is 0 Å². The molecule has 2 heteroatoms. The van der Waals surface area contributed by atoms with E-state index in [-0.39, 0.29) is 0 Å². The molecule has 1 aliphatic rings. The largest absolute Gasteiger partial charge is 0.466 e. The maximum absolute atomic E-state index is 5.69. The Bertz CT molecular complexity index is 303. The van der Waals surface area contributed by atoms with Gasteiger partial charge in [0.15, 0.2) is 0 Å². The van der Waals surface area contributed by atoms with Gasteiger partial charge in [-0.3, -0.25) is 0 Å². The van der Waals surface area contributed by atoms with Gasteiger partial charge in [0.05, 0.1) is 0 Å². The van der Waals surface area contributed by atoms with Crippen molar-refractivity contribution in [3.05, 3.63) is 23.2 Å².